The second kappa shape index (κ2) is 7.90. The van der Waals surface area contributed by atoms with Crippen LogP contribution in [0.25, 0.3) is 0 Å². The zero-order valence-corrected chi connectivity index (χ0v) is 15.0. The molecule has 3 atom stereocenters. The molecule has 1 aliphatic rings. The summed E-state index contributed by atoms with van der Waals surface area (Å²) in [6.07, 6.45) is 6.37. The van der Waals surface area contributed by atoms with Crippen LogP contribution in [0, 0.1) is 17.8 Å². The van der Waals surface area contributed by atoms with Gasteiger partial charge in [0.1, 0.15) is 5.78 Å². The summed E-state index contributed by atoms with van der Waals surface area (Å²) in [5.41, 5.74) is 3.25. The van der Waals surface area contributed by atoms with Gasteiger partial charge in [0.25, 0.3) is 0 Å². The molecule has 3 unspecified atom stereocenters. The summed E-state index contributed by atoms with van der Waals surface area (Å²) >= 11 is 0. The molecular weight excluding hydrogens is 284 g/mol. The predicted octanol–water partition coefficient (Wildman–Crippen LogP) is 5.03. The van der Waals surface area contributed by atoms with Gasteiger partial charge in [0.05, 0.1) is 0 Å². The average Bonchev–Trinajstić information content (AvgIpc) is 2.54. The lowest BCUT2D eigenvalue weighted by Crippen LogP contribution is -2.30. The van der Waals surface area contributed by atoms with Gasteiger partial charge in [-0.3, -0.25) is 9.59 Å². The van der Waals surface area contributed by atoms with E-state index in [9.17, 15) is 9.59 Å². The van der Waals surface area contributed by atoms with E-state index in [0.717, 1.165) is 43.2 Å². The van der Waals surface area contributed by atoms with Crippen LogP contribution in [0.5, 0.6) is 0 Å². The minimum Gasteiger partial charge on any atom is -0.300 e. The fraction of sp³-hybridized carbons (Fsp3) is 0.619. The summed E-state index contributed by atoms with van der Waals surface area (Å²) in [7, 11) is 0. The van der Waals surface area contributed by atoms with E-state index in [0.29, 0.717) is 17.6 Å². The largest absolute Gasteiger partial charge is 0.300 e. The molecule has 1 aromatic rings. The van der Waals surface area contributed by atoms with Gasteiger partial charge in [-0.25, -0.2) is 0 Å². The summed E-state index contributed by atoms with van der Waals surface area (Å²) in [5, 5.41) is 0. The number of rotatable bonds is 6. The van der Waals surface area contributed by atoms with E-state index in [1.807, 2.05) is 0 Å². The molecule has 2 heteroatoms. The van der Waals surface area contributed by atoms with Gasteiger partial charge in [0.2, 0.25) is 0 Å². The topological polar surface area (TPSA) is 34.1 Å². The Hall–Kier alpha value is -1.44. The Bertz CT molecular complexity index is 573. The molecule has 1 aromatic carbocycles. The maximum atomic E-state index is 11.9. The maximum absolute atomic E-state index is 11.9. The smallest absolute Gasteiger partial charge is 0.160 e. The molecule has 2 nitrogen and oxygen atoms in total. The van der Waals surface area contributed by atoms with Crippen LogP contribution in [-0.2, 0) is 17.6 Å². The minimum absolute atomic E-state index is 0.153. The molecule has 0 radical (unpaired) electrons. The molecule has 0 saturated heterocycles. The third-order valence-electron chi connectivity index (χ3n) is 5.61. The van der Waals surface area contributed by atoms with Crippen LogP contribution in [-0.4, -0.2) is 11.6 Å². The summed E-state index contributed by atoms with van der Waals surface area (Å²) in [6, 6.07) is 6.35. The summed E-state index contributed by atoms with van der Waals surface area (Å²) in [5.74, 6) is 1.88. The number of hydrogen-bond acceptors (Lipinski definition) is 2. The van der Waals surface area contributed by atoms with Gasteiger partial charge in [-0.1, -0.05) is 32.4 Å². The van der Waals surface area contributed by atoms with Crippen LogP contribution in [0.15, 0.2) is 18.2 Å². The van der Waals surface area contributed by atoms with Crippen LogP contribution >= 0.6 is 0 Å². The van der Waals surface area contributed by atoms with Gasteiger partial charge in [-0.05, 0) is 75.0 Å². The third-order valence-corrected chi connectivity index (χ3v) is 5.61. The number of carbonyl (C=O) groups is 2. The van der Waals surface area contributed by atoms with E-state index < -0.39 is 0 Å². The van der Waals surface area contributed by atoms with Crippen LogP contribution < -0.4 is 0 Å². The van der Waals surface area contributed by atoms with Crippen molar-refractivity contribution in [3.8, 4) is 0 Å². The van der Waals surface area contributed by atoms with Crippen LogP contribution in [0.1, 0.15) is 74.9 Å². The SMILES string of the molecule is CCc1ccc(CC2CCC(CC)C(C(C)=O)C2)cc1C(C)=O. The van der Waals surface area contributed by atoms with E-state index in [2.05, 4.69) is 32.0 Å². The lowest BCUT2D eigenvalue weighted by Gasteiger charge is -2.34. The molecule has 0 bridgehead atoms. The lowest BCUT2D eigenvalue weighted by atomic mass is 9.70. The lowest BCUT2D eigenvalue weighted by molar-refractivity contribution is -0.124. The number of carbonyl (C=O) groups excluding carboxylic acids is 2. The van der Waals surface area contributed by atoms with Crippen molar-refractivity contribution >= 4 is 11.6 Å². The van der Waals surface area contributed by atoms with E-state index >= 15 is 0 Å². The van der Waals surface area contributed by atoms with Crippen molar-refractivity contribution in [2.24, 2.45) is 17.8 Å². The molecule has 1 saturated carbocycles. The molecule has 0 heterocycles. The first-order valence-corrected chi connectivity index (χ1v) is 9.09. The zero-order chi connectivity index (χ0) is 17.0. The molecule has 1 fully saturated rings. The summed E-state index contributed by atoms with van der Waals surface area (Å²) in [4.78, 5) is 23.8. The Morgan fingerprint density at radius 2 is 1.87 bits per heavy atom. The second-order valence-electron chi connectivity index (χ2n) is 7.17. The molecule has 23 heavy (non-hydrogen) atoms. The Kier molecular flexibility index (Phi) is 6.15. The number of benzene rings is 1. The molecule has 0 aliphatic heterocycles. The highest BCUT2D eigenvalue weighted by molar-refractivity contribution is 5.95. The van der Waals surface area contributed by atoms with E-state index in [1.165, 1.54) is 12.0 Å². The molecule has 0 spiro atoms. The molecule has 2 rings (SSSR count). The van der Waals surface area contributed by atoms with Gasteiger partial charge in [0.15, 0.2) is 5.78 Å². The highest BCUT2D eigenvalue weighted by Gasteiger charge is 2.32. The Balaban J connectivity index is 2.12. The summed E-state index contributed by atoms with van der Waals surface area (Å²) in [6.45, 7) is 7.69. The van der Waals surface area contributed by atoms with Crippen molar-refractivity contribution in [3.63, 3.8) is 0 Å². The monoisotopic (exact) mass is 314 g/mol. The third kappa shape index (κ3) is 4.31. The van der Waals surface area contributed by atoms with Crippen molar-refractivity contribution in [3.05, 3.63) is 34.9 Å². The Morgan fingerprint density at radius 3 is 2.43 bits per heavy atom. The maximum Gasteiger partial charge on any atom is 0.160 e. The Morgan fingerprint density at radius 1 is 1.13 bits per heavy atom. The second-order valence-corrected chi connectivity index (χ2v) is 7.17. The normalized spacial score (nSPS) is 24.4. The van der Waals surface area contributed by atoms with E-state index in [4.69, 9.17) is 0 Å². The summed E-state index contributed by atoms with van der Waals surface area (Å²) < 4.78 is 0. The molecule has 126 valence electrons. The minimum atomic E-state index is 0.153. The quantitative estimate of drug-likeness (QED) is 0.690. The van der Waals surface area contributed by atoms with Crippen molar-refractivity contribution < 1.29 is 9.59 Å². The van der Waals surface area contributed by atoms with Crippen molar-refractivity contribution in [1.29, 1.82) is 0 Å². The van der Waals surface area contributed by atoms with Gasteiger partial charge in [-0.15, -0.1) is 0 Å². The zero-order valence-electron chi connectivity index (χ0n) is 15.0. The number of Topliss-reactive ketones (excluding diaryl/α,β-unsaturated/α-hetero) is 2. The number of aryl methyl sites for hydroxylation is 1. The van der Waals surface area contributed by atoms with Gasteiger partial charge >= 0.3 is 0 Å². The molecule has 0 N–H and O–H groups in total. The first-order valence-electron chi connectivity index (χ1n) is 9.09. The molecule has 1 aliphatic carbocycles. The standard InChI is InChI=1S/C21H30O2/c1-5-18-9-7-16(12-20(18)14(3)22)11-17-8-10-19(6-2)21(13-17)15(4)23/h7,9,12,17,19,21H,5-6,8,10-11,13H2,1-4H3. The van der Waals surface area contributed by atoms with Gasteiger partial charge < -0.3 is 0 Å². The highest BCUT2D eigenvalue weighted by atomic mass is 16.1. The van der Waals surface area contributed by atoms with Crippen LogP contribution in [0.3, 0.4) is 0 Å². The first kappa shape index (κ1) is 17.9. The van der Waals surface area contributed by atoms with Crippen molar-refractivity contribution in [1.82, 2.24) is 0 Å². The molecule has 0 aromatic heterocycles. The number of ketones is 2. The highest BCUT2D eigenvalue weighted by Crippen LogP contribution is 2.38. The first-order chi connectivity index (χ1) is 11.0. The van der Waals surface area contributed by atoms with E-state index in [1.54, 1.807) is 13.8 Å². The Labute approximate surface area is 140 Å². The average molecular weight is 314 g/mol. The predicted molar refractivity (Wildman–Crippen MR) is 94.8 cm³/mol. The number of hydrogen-bond donors (Lipinski definition) is 0. The van der Waals surface area contributed by atoms with Gasteiger partial charge in [0, 0.05) is 11.5 Å². The van der Waals surface area contributed by atoms with Crippen molar-refractivity contribution in [2.45, 2.75) is 66.2 Å². The fourth-order valence-corrected chi connectivity index (χ4v) is 4.21. The fourth-order valence-electron chi connectivity index (χ4n) is 4.21. The van der Waals surface area contributed by atoms with Crippen LogP contribution in [0.2, 0.25) is 0 Å². The molecule has 0 amide bonds. The van der Waals surface area contributed by atoms with Crippen molar-refractivity contribution in [2.75, 3.05) is 0 Å². The molecular formula is C21H30O2. The van der Waals surface area contributed by atoms with E-state index in [-0.39, 0.29) is 11.7 Å². The van der Waals surface area contributed by atoms with Gasteiger partial charge in [-0.2, -0.15) is 0 Å². The van der Waals surface area contributed by atoms with Crippen LogP contribution in [0.4, 0.5) is 0 Å².